The van der Waals surface area contributed by atoms with Crippen molar-refractivity contribution in [3.05, 3.63) is 0 Å². The van der Waals surface area contributed by atoms with Crippen LogP contribution < -0.4 is 5.32 Å². The Hall–Kier alpha value is -0.910. The second-order valence-electron chi connectivity index (χ2n) is 4.29. The third-order valence-corrected chi connectivity index (χ3v) is 4.18. The van der Waals surface area contributed by atoms with Crippen LogP contribution in [0.4, 0.5) is 0 Å². The van der Waals surface area contributed by atoms with Gasteiger partial charge in [-0.3, -0.25) is 13.8 Å². The van der Waals surface area contributed by atoms with Crippen LogP contribution in [0, 0.1) is 0 Å². The summed E-state index contributed by atoms with van der Waals surface area (Å²) in [7, 11) is -0.704. The molecule has 2 N–H and O–H groups in total. The highest BCUT2D eigenvalue weighted by molar-refractivity contribution is 7.85. The maximum atomic E-state index is 11.5. The summed E-state index contributed by atoms with van der Waals surface area (Å²) in [5.41, 5.74) is 0. The first kappa shape index (κ1) is 14.2. The number of carboxylic acids is 1. The number of nitrogens with one attached hydrogen (secondary N) is 1. The van der Waals surface area contributed by atoms with Crippen LogP contribution in [0.1, 0.15) is 38.5 Å². The first-order chi connectivity index (χ1) is 8.08. The van der Waals surface area contributed by atoms with Crippen LogP contribution in [0.2, 0.25) is 0 Å². The maximum Gasteiger partial charge on any atom is 0.303 e. The zero-order valence-electron chi connectivity index (χ0n) is 9.81. The van der Waals surface area contributed by atoms with Gasteiger partial charge in [0.25, 0.3) is 0 Å². The summed E-state index contributed by atoms with van der Waals surface area (Å²) in [6.45, 7) is 0. The van der Waals surface area contributed by atoms with Crippen molar-refractivity contribution in [1.29, 1.82) is 0 Å². The van der Waals surface area contributed by atoms with E-state index in [1.54, 1.807) is 0 Å². The minimum Gasteiger partial charge on any atom is -0.481 e. The van der Waals surface area contributed by atoms with Gasteiger partial charge in [0.15, 0.2) is 0 Å². The van der Waals surface area contributed by atoms with E-state index in [0.717, 1.165) is 12.8 Å². The van der Waals surface area contributed by atoms with Gasteiger partial charge in [-0.2, -0.15) is 0 Å². The molecular weight excluding hydrogens is 242 g/mol. The molecule has 0 aromatic heterocycles. The second-order valence-corrected chi connectivity index (χ2v) is 5.99. The number of hydrogen-bond acceptors (Lipinski definition) is 3. The molecule has 1 aliphatic heterocycles. The van der Waals surface area contributed by atoms with Gasteiger partial charge in [-0.15, -0.1) is 0 Å². The summed E-state index contributed by atoms with van der Waals surface area (Å²) in [4.78, 5) is 21.8. The second kappa shape index (κ2) is 7.42. The molecule has 17 heavy (non-hydrogen) atoms. The van der Waals surface area contributed by atoms with Gasteiger partial charge < -0.3 is 10.4 Å². The lowest BCUT2D eigenvalue weighted by Crippen LogP contribution is -2.39. The molecule has 6 heteroatoms. The SMILES string of the molecule is O=C(O)CCCCC(=O)NC1CCS(=O)CC1. The van der Waals surface area contributed by atoms with E-state index in [9.17, 15) is 13.8 Å². The Morgan fingerprint density at radius 3 is 2.35 bits per heavy atom. The number of carboxylic acid groups (broad SMARTS) is 1. The number of carbonyl (C=O) groups is 2. The van der Waals surface area contributed by atoms with Crippen molar-refractivity contribution in [2.45, 2.75) is 44.6 Å². The predicted octanol–water partition coefficient (Wildman–Crippen LogP) is 0.659. The molecule has 1 heterocycles. The minimum absolute atomic E-state index is 0.0203. The number of amides is 1. The van der Waals surface area contributed by atoms with Crippen molar-refractivity contribution >= 4 is 22.7 Å². The minimum atomic E-state index is -0.819. The number of hydrogen-bond donors (Lipinski definition) is 2. The monoisotopic (exact) mass is 261 g/mol. The topological polar surface area (TPSA) is 83.5 Å². The van der Waals surface area contributed by atoms with Crippen LogP contribution in [0.25, 0.3) is 0 Å². The highest BCUT2D eigenvalue weighted by Gasteiger charge is 2.19. The molecule has 0 atom stereocenters. The van der Waals surface area contributed by atoms with E-state index < -0.39 is 16.8 Å². The average Bonchev–Trinajstić information content (AvgIpc) is 2.27. The number of rotatable bonds is 6. The van der Waals surface area contributed by atoms with Crippen LogP contribution in [-0.2, 0) is 20.4 Å². The van der Waals surface area contributed by atoms with Crippen LogP contribution >= 0.6 is 0 Å². The molecule has 1 aliphatic rings. The first-order valence-electron chi connectivity index (χ1n) is 5.94. The summed E-state index contributed by atoms with van der Waals surface area (Å²) in [6, 6.07) is 0.152. The van der Waals surface area contributed by atoms with Gasteiger partial charge in [-0.05, 0) is 25.7 Å². The molecule has 0 unspecified atom stereocenters. The fourth-order valence-corrected chi connectivity index (χ4v) is 3.10. The molecule has 0 aromatic carbocycles. The summed E-state index contributed by atoms with van der Waals surface area (Å²) >= 11 is 0. The molecule has 0 aliphatic carbocycles. The smallest absolute Gasteiger partial charge is 0.303 e. The summed E-state index contributed by atoms with van der Waals surface area (Å²) in [6.07, 6.45) is 3.22. The van der Waals surface area contributed by atoms with Gasteiger partial charge in [-0.25, -0.2) is 0 Å². The van der Waals surface area contributed by atoms with Gasteiger partial charge in [0, 0.05) is 41.2 Å². The van der Waals surface area contributed by atoms with Crippen molar-refractivity contribution in [3.63, 3.8) is 0 Å². The Kier molecular flexibility index (Phi) is 6.18. The van der Waals surface area contributed by atoms with Crippen LogP contribution in [0.5, 0.6) is 0 Å². The standard InChI is InChI=1S/C11H19NO4S/c13-10(3-1-2-4-11(14)15)12-9-5-7-17(16)8-6-9/h9H,1-8H2,(H,12,13)(H,14,15). The van der Waals surface area contributed by atoms with Crippen molar-refractivity contribution in [2.24, 2.45) is 0 Å². The van der Waals surface area contributed by atoms with E-state index in [4.69, 9.17) is 5.11 Å². The molecule has 0 saturated carbocycles. The fourth-order valence-electron chi connectivity index (χ4n) is 1.80. The Morgan fingerprint density at radius 2 is 1.76 bits per heavy atom. The highest BCUT2D eigenvalue weighted by atomic mass is 32.2. The van der Waals surface area contributed by atoms with Gasteiger partial charge in [0.05, 0.1) is 0 Å². The molecule has 1 rings (SSSR count). The van der Waals surface area contributed by atoms with E-state index >= 15 is 0 Å². The average molecular weight is 261 g/mol. The Bertz CT molecular complexity index is 296. The first-order valence-corrected chi connectivity index (χ1v) is 7.43. The normalized spacial score (nSPS) is 24.2. The molecule has 0 radical (unpaired) electrons. The largest absolute Gasteiger partial charge is 0.481 e. The molecule has 1 saturated heterocycles. The van der Waals surface area contributed by atoms with Crippen LogP contribution in [0.15, 0.2) is 0 Å². The van der Waals surface area contributed by atoms with E-state index in [-0.39, 0.29) is 18.4 Å². The van der Waals surface area contributed by atoms with Gasteiger partial charge in [0.2, 0.25) is 5.91 Å². The lowest BCUT2D eigenvalue weighted by molar-refractivity contribution is -0.137. The van der Waals surface area contributed by atoms with Crippen LogP contribution in [-0.4, -0.2) is 38.7 Å². The van der Waals surface area contributed by atoms with Gasteiger partial charge in [0.1, 0.15) is 0 Å². The number of unbranched alkanes of at least 4 members (excludes halogenated alkanes) is 1. The fraction of sp³-hybridized carbons (Fsp3) is 0.818. The molecule has 1 amide bonds. The van der Waals surface area contributed by atoms with Gasteiger partial charge >= 0.3 is 5.97 Å². The lowest BCUT2D eigenvalue weighted by Gasteiger charge is -2.22. The maximum absolute atomic E-state index is 11.5. The predicted molar refractivity (Wildman–Crippen MR) is 65.1 cm³/mol. The molecule has 0 bridgehead atoms. The van der Waals surface area contributed by atoms with Crippen molar-refractivity contribution in [3.8, 4) is 0 Å². The van der Waals surface area contributed by atoms with E-state index in [2.05, 4.69) is 5.32 Å². The molecule has 5 nitrogen and oxygen atoms in total. The molecule has 98 valence electrons. The summed E-state index contributed by atoms with van der Waals surface area (Å²) < 4.78 is 11.1. The Labute approximate surface area is 103 Å². The molecule has 0 aromatic rings. The lowest BCUT2D eigenvalue weighted by atomic mass is 10.1. The van der Waals surface area contributed by atoms with Gasteiger partial charge in [-0.1, -0.05) is 0 Å². The van der Waals surface area contributed by atoms with Crippen molar-refractivity contribution in [2.75, 3.05) is 11.5 Å². The number of carbonyl (C=O) groups excluding carboxylic acids is 1. The third-order valence-electron chi connectivity index (χ3n) is 2.80. The number of aliphatic carboxylic acids is 1. The zero-order chi connectivity index (χ0) is 12.7. The van der Waals surface area contributed by atoms with E-state index in [0.29, 0.717) is 30.8 Å². The van der Waals surface area contributed by atoms with Crippen LogP contribution in [0.3, 0.4) is 0 Å². The molecule has 1 fully saturated rings. The quantitative estimate of drug-likeness (QED) is 0.688. The molecule has 0 spiro atoms. The highest BCUT2D eigenvalue weighted by Crippen LogP contribution is 2.09. The summed E-state index contributed by atoms with van der Waals surface area (Å²) in [5, 5.41) is 11.3. The van der Waals surface area contributed by atoms with Crippen molar-refractivity contribution in [1.82, 2.24) is 5.32 Å². The van der Waals surface area contributed by atoms with Crippen molar-refractivity contribution < 1.29 is 18.9 Å². The zero-order valence-corrected chi connectivity index (χ0v) is 10.6. The molecular formula is C11H19NO4S. The third kappa shape index (κ3) is 6.41. The van der Waals surface area contributed by atoms with E-state index in [1.165, 1.54) is 0 Å². The summed E-state index contributed by atoms with van der Waals surface area (Å²) in [5.74, 6) is 0.502. The van der Waals surface area contributed by atoms with E-state index in [1.807, 2.05) is 0 Å². The Morgan fingerprint density at radius 1 is 1.18 bits per heavy atom. The Balaban J connectivity index is 2.08.